The van der Waals surface area contributed by atoms with Gasteiger partial charge in [-0.3, -0.25) is 4.79 Å². The van der Waals surface area contributed by atoms with Crippen molar-refractivity contribution in [1.82, 2.24) is 5.32 Å². The van der Waals surface area contributed by atoms with Crippen molar-refractivity contribution in [2.24, 2.45) is 0 Å². The molecule has 1 heterocycles. The Bertz CT molecular complexity index is 759. The van der Waals surface area contributed by atoms with Gasteiger partial charge in [-0.2, -0.15) is 0 Å². The molecule has 0 atom stereocenters. The normalized spacial score (nSPS) is 19.1. The van der Waals surface area contributed by atoms with Crippen LogP contribution in [0.15, 0.2) is 48.5 Å². The van der Waals surface area contributed by atoms with Crippen LogP contribution >= 0.6 is 0 Å². The molecule has 0 unspecified atom stereocenters. The fraction of sp³-hybridized carbons (Fsp3) is 0.409. The van der Waals surface area contributed by atoms with E-state index >= 15 is 0 Å². The minimum atomic E-state index is 0.127. The predicted molar refractivity (Wildman–Crippen MR) is 108 cm³/mol. The fourth-order valence-corrected chi connectivity index (χ4v) is 3.68. The minimum absolute atomic E-state index is 0.127. The molecule has 0 spiro atoms. The van der Waals surface area contributed by atoms with Crippen LogP contribution in [0.5, 0.6) is 11.5 Å². The molecule has 6 nitrogen and oxygen atoms in total. The number of amides is 1. The van der Waals surface area contributed by atoms with E-state index in [0.29, 0.717) is 13.1 Å². The van der Waals surface area contributed by atoms with Crippen LogP contribution in [0.25, 0.3) is 0 Å². The van der Waals surface area contributed by atoms with Crippen molar-refractivity contribution in [2.75, 3.05) is 46.9 Å². The summed E-state index contributed by atoms with van der Waals surface area (Å²) in [5, 5.41) is 3.03. The second-order valence-corrected chi connectivity index (χ2v) is 7.31. The van der Waals surface area contributed by atoms with Crippen molar-refractivity contribution in [3.8, 4) is 11.5 Å². The van der Waals surface area contributed by atoms with E-state index in [4.69, 9.17) is 9.47 Å². The molecule has 2 aromatic rings. The summed E-state index contributed by atoms with van der Waals surface area (Å²) in [4.78, 5) is 15.1. The summed E-state index contributed by atoms with van der Waals surface area (Å²) in [5.74, 6) is 1.66. The van der Waals surface area contributed by atoms with E-state index in [2.05, 4.69) is 17.4 Å². The number of carbonyl (C=O) groups excluding carboxylic acids is 1. The molecule has 2 aromatic carbocycles. The van der Waals surface area contributed by atoms with Gasteiger partial charge in [0.25, 0.3) is 5.91 Å². The highest BCUT2D eigenvalue weighted by molar-refractivity contribution is 5.76. The highest BCUT2D eigenvalue weighted by Crippen LogP contribution is 2.27. The summed E-state index contributed by atoms with van der Waals surface area (Å²) in [6, 6.07) is 16.2. The first-order chi connectivity index (χ1) is 13.7. The topological polar surface area (TPSA) is 56.4 Å². The third-order valence-corrected chi connectivity index (χ3v) is 5.31. The first-order valence-electron chi connectivity index (χ1n) is 9.86. The Morgan fingerprint density at radius 3 is 2.25 bits per heavy atom. The fourth-order valence-electron chi connectivity index (χ4n) is 3.68. The van der Waals surface area contributed by atoms with Crippen molar-refractivity contribution < 1.29 is 24.1 Å². The lowest BCUT2D eigenvalue weighted by atomic mass is 10.1. The summed E-state index contributed by atoms with van der Waals surface area (Å²) in [6.07, 6.45) is 0. The van der Waals surface area contributed by atoms with Crippen LogP contribution in [-0.2, 0) is 17.9 Å². The first kappa shape index (κ1) is 20.2. The van der Waals surface area contributed by atoms with E-state index in [-0.39, 0.29) is 5.91 Å². The Balaban J connectivity index is 1.41. The molecule has 1 amide bonds. The zero-order chi connectivity index (χ0) is 19.8. The maximum Gasteiger partial charge on any atom is 0.275 e. The molecule has 0 aromatic heterocycles. The molecule has 0 aliphatic carbocycles. The standard InChI is InChI=1S/C22H29N3O3/c1-27-20-9-8-19(14-21(20)28-2)16-24-10-12-25(13-11-24)17-22(26)23-15-18-6-4-3-5-7-18/h3-9,14H,10-13,15-17H2,1-2H3,(H,23,26)/p+2. The highest BCUT2D eigenvalue weighted by Gasteiger charge is 2.25. The smallest absolute Gasteiger partial charge is 0.275 e. The third kappa shape index (κ3) is 5.71. The lowest BCUT2D eigenvalue weighted by Gasteiger charge is -2.29. The van der Waals surface area contributed by atoms with Crippen LogP contribution in [0, 0.1) is 0 Å². The van der Waals surface area contributed by atoms with Gasteiger partial charge in [-0.25, -0.2) is 0 Å². The molecule has 0 saturated carbocycles. The highest BCUT2D eigenvalue weighted by atomic mass is 16.5. The molecule has 0 radical (unpaired) electrons. The first-order valence-corrected chi connectivity index (χ1v) is 9.86. The Morgan fingerprint density at radius 1 is 0.893 bits per heavy atom. The minimum Gasteiger partial charge on any atom is -0.493 e. The molecule has 1 fully saturated rings. The Kier molecular flexibility index (Phi) is 7.28. The molecule has 1 aliphatic heterocycles. The van der Waals surface area contributed by atoms with Crippen LogP contribution < -0.4 is 24.6 Å². The SMILES string of the molecule is COc1ccc(C[NH+]2CC[NH+](CC(=O)NCc3ccccc3)CC2)cc1OC. The van der Waals surface area contributed by atoms with Gasteiger partial charge in [-0.15, -0.1) is 0 Å². The van der Waals surface area contributed by atoms with Crippen molar-refractivity contribution in [2.45, 2.75) is 13.1 Å². The Morgan fingerprint density at radius 2 is 1.57 bits per heavy atom. The molecule has 1 aliphatic rings. The van der Waals surface area contributed by atoms with Crippen LogP contribution in [0.3, 0.4) is 0 Å². The number of methoxy groups -OCH3 is 2. The summed E-state index contributed by atoms with van der Waals surface area (Å²) in [7, 11) is 3.32. The summed E-state index contributed by atoms with van der Waals surface area (Å²) in [6.45, 7) is 6.28. The zero-order valence-corrected chi connectivity index (χ0v) is 16.8. The van der Waals surface area contributed by atoms with Crippen molar-refractivity contribution in [3.05, 3.63) is 59.7 Å². The van der Waals surface area contributed by atoms with E-state index in [1.807, 2.05) is 36.4 Å². The average molecular weight is 386 g/mol. The van der Waals surface area contributed by atoms with Crippen LogP contribution in [0.2, 0.25) is 0 Å². The number of hydrogen-bond donors (Lipinski definition) is 3. The van der Waals surface area contributed by atoms with Gasteiger partial charge in [-0.1, -0.05) is 30.3 Å². The van der Waals surface area contributed by atoms with Gasteiger partial charge in [0.1, 0.15) is 32.7 Å². The number of ether oxygens (including phenoxy) is 2. The van der Waals surface area contributed by atoms with Gasteiger partial charge < -0.3 is 24.6 Å². The summed E-state index contributed by atoms with van der Waals surface area (Å²) in [5.41, 5.74) is 2.38. The summed E-state index contributed by atoms with van der Waals surface area (Å²) >= 11 is 0. The van der Waals surface area contributed by atoms with Crippen molar-refractivity contribution in [1.29, 1.82) is 0 Å². The predicted octanol–water partition coefficient (Wildman–Crippen LogP) is -0.696. The van der Waals surface area contributed by atoms with E-state index < -0.39 is 0 Å². The number of nitrogens with one attached hydrogen (secondary N) is 3. The van der Waals surface area contributed by atoms with Crippen LogP contribution in [0.1, 0.15) is 11.1 Å². The number of carbonyl (C=O) groups is 1. The lowest BCUT2D eigenvalue weighted by Crippen LogP contribution is -3.28. The zero-order valence-electron chi connectivity index (χ0n) is 16.8. The number of quaternary nitrogens is 2. The Hall–Kier alpha value is -2.57. The van der Waals surface area contributed by atoms with Gasteiger partial charge in [0, 0.05) is 12.1 Å². The second-order valence-electron chi connectivity index (χ2n) is 7.31. The molecule has 1 saturated heterocycles. The second kappa shape index (κ2) is 10.1. The number of piperazine rings is 1. The number of hydrogen-bond acceptors (Lipinski definition) is 3. The Labute approximate surface area is 167 Å². The molecule has 3 N–H and O–H groups in total. The van der Waals surface area contributed by atoms with Crippen LogP contribution in [-0.4, -0.2) is 52.9 Å². The van der Waals surface area contributed by atoms with E-state index in [1.54, 1.807) is 19.1 Å². The quantitative estimate of drug-likeness (QED) is 0.564. The molecule has 28 heavy (non-hydrogen) atoms. The van der Waals surface area contributed by atoms with Gasteiger partial charge >= 0.3 is 0 Å². The van der Waals surface area contributed by atoms with Gasteiger partial charge in [0.05, 0.1) is 14.2 Å². The van der Waals surface area contributed by atoms with Crippen LogP contribution in [0.4, 0.5) is 0 Å². The van der Waals surface area contributed by atoms with Gasteiger partial charge in [0.15, 0.2) is 18.0 Å². The van der Waals surface area contributed by atoms with Crippen molar-refractivity contribution in [3.63, 3.8) is 0 Å². The largest absolute Gasteiger partial charge is 0.493 e. The van der Waals surface area contributed by atoms with E-state index in [9.17, 15) is 4.79 Å². The van der Waals surface area contributed by atoms with E-state index in [0.717, 1.165) is 49.8 Å². The lowest BCUT2D eigenvalue weighted by molar-refractivity contribution is -1.02. The monoisotopic (exact) mass is 385 g/mol. The summed E-state index contributed by atoms with van der Waals surface area (Å²) < 4.78 is 10.7. The third-order valence-electron chi connectivity index (χ3n) is 5.31. The molecule has 150 valence electrons. The molecular weight excluding hydrogens is 354 g/mol. The number of benzene rings is 2. The number of rotatable bonds is 8. The molecule has 0 bridgehead atoms. The molecule has 3 rings (SSSR count). The maximum absolute atomic E-state index is 12.2. The van der Waals surface area contributed by atoms with Crippen molar-refractivity contribution >= 4 is 5.91 Å². The molecular formula is C22H31N3O3+2. The van der Waals surface area contributed by atoms with E-state index in [1.165, 1.54) is 10.5 Å². The van der Waals surface area contributed by atoms with Gasteiger partial charge in [-0.05, 0) is 23.8 Å². The maximum atomic E-state index is 12.2. The van der Waals surface area contributed by atoms with Gasteiger partial charge in [0.2, 0.25) is 0 Å². The molecule has 6 heteroatoms. The average Bonchev–Trinajstić information content (AvgIpc) is 2.74.